The van der Waals surface area contributed by atoms with E-state index in [-0.39, 0.29) is 4.83 Å². The highest BCUT2D eigenvalue weighted by molar-refractivity contribution is 9.09. The average molecular weight is 367 g/mol. The standard InChI is InChI=1S/C18H23BrOS/c1-11(2)13-6-7-15(16(8-13)12(3)4)18(19)17-9-14(20-5)10-21-17/h6-12,18H,1-5H3. The van der Waals surface area contributed by atoms with E-state index >= 15 is 0 Å². The quantitative estimate of drug-likeness (QED) is 0.549. The third-order valence-corrected chi connectivity index (χ3v) is 6.02. The Balaban J connectivity index is 2.42. The molecule has 2 aromatic rings. The molecule has 0 N–H and O–H groups in total. The highest BCUT2D eigenvalue weighted by Crippen LogP contribution is 2.40. The van der Waals surface area contributed by atoms with Gasteiger partial charge in [-0.2, -0.15) is 0 Å². The van der Waals surface area contributed by atoms with Crippen molar-refractivity contribution < 1.29 is 4.74 Å². The molecule has 1 nitrogen and oxygen atoms in total. The number of benzene rings is 1. The van der Waals surface area contributed by atoms with Crippen molar-refractivity contribution in [1.82, 2.24) is 0 Å². The van der Waals surface area contributed by atoms with Crippen molar-refractivity contribution in [2.24, 2.45) is 0 Å². The largest absolute Gasteiger partial charge is 0.496 e. The molecule has 0 aliphatic carbocycles. The fraction of sp³-hybridized carbons (Fsp3) is 0.444. The van der Waals surface area contributed by atoms with Gasteiger partial charge >= 0.3 is 0 Å². The van der Waals surface area contributed by atoms with Gasteiger partial charge in [-0.05, 0) is 34.6 Å². The molecule has 0 bridgehead atoms. The Morgan fingerprint density at radius 1 is 1.00 bits per heavy atom. The third kappa shape index (κ3) is 3.70. The van der Waals surface area contributed by atoms with Crippen LogP contribution < -0.4 is 4.74 Å². The Morgan fingerprint density at radius 2 is 1.71 bits per heavy atom. The maximum atomic E-state index is 5.30. The minimum absolute atomic E-state index is 0.227. The summed E-state index contributed by atoms with van der Waals surface area (Å²) in [5, 5.41) is 2.06. The van der Waals surface area contributed by atoms with Crippen LogP contribution in [0.1, 0.15) is 65.9 Å². The minimum atomic E-state index is 0.227. The zero-order valence-electron chi connectivity index (χ0n) is 13.3. The lowest BCUT2D eigenvalue weighted by Crippen LogP contribution is -2.01. The van der Waals surface area contributed by atoms with E-state index in [2.05, 4.69) is 73.3 Å². The van der Waals surface area contributed by atoms with Crippen LogP contribution in [-0.2, 0) is 0 Å². The topological polar surface area (TPSA) is 9.23 Å². The molecule has 0 aliphatic rings. The summed E-state index contributed by atoms with van der Waals surface area (Å²) in [7, 11) is 1.71. The van der Waals surface area contributed by atoms with Crippen molar-refractivity contribution in [3.05, 3.63) is 51.2 Å². The number of methoxy groups -OCH3 is 1. The maximum Gasteiger partial charge on any atom is 0.129 e. The Bertz CT molecular complexity index is 601. The van der Waals surface area contributed by atoms with E-state index in [1.165, 1.54) is 21.6 Å². The molecule has 0 saturated carbocycles. The van der Waals surface area contributed by atoms with Crippen LogP contribution >= 0.6 is 27.3 Å². The first-order valence-corrected chi connectivity index (χ1v) is 9.13. The lowest BCUT2D eigenvalue weighted by Gasteiger charge is -2.19. The van der Waals surface area contributed by atoms with Crippen molar-refractivity contribution in [2.45, 2.75) is 44.4 Å². The summed E-state index contributed by atoms with van der Waals surface area (Å²) in [5.74, 6) is 2.01. The van der Waals surface area contributed by atoms with Crippen LogP contribution in [-0.4, -0.2) is 7.11 Å². The van der Waals surface area contributed by atoms with Crippen molar-refractivity contribution in [3.8, 4) is 5.75 Å². The zero-order valence-corrected chi connectivity index (χ0v) is 15.7. The zero-order chi connectivity index (χ0) is 15.6. The molecule has 1 unspecified atom stereocenters. The van der Waals surface area contributed by atoms with Crippen LogP contribution in [0.5, 0.6) is 5.75 Å². The number of hydrogen-bond donors (Lipinski definition) is 0. The molecule has 0 radical (unpaired) electrons. The van der Waals surface area contributed by atoms with Crippen molar-refractivity contribution in [2.75, 3.05) is 7.11 Å². The number of rotatable bonds is 5. The van der Waals surface area contributed by atoms with Gasteiger partial charge in [0.2, 0.25) is 0 Å². The van der Waals surface area contributed by atoms with Crippen molar-refractivity contribution in [1.29, 1.82) is 0 Å². The summed E-state index contributed by atoms with van der Waals surface area (Å²) in [4.78, 5) is 1.51. The lowest BCUT2D eigenvalue weighted by atomic mass is 9.90. The fourth-order valence-electron chi connectivity index (χ4n) is 2.41. The van der Waals surface area contributed by atoms with Crippen LogP contribution in [0.2, 0.25) is 0 Å². The van der Waals surface area contributed by atoms with E-state index in [4.69, 9.17) is 4.74 Å². The predicted molar refractivity (Wildman–Crippen MR) is 96.3 cm³/mol. The molecule has 0 amide bonds. The van der Waals surface area contributed by atoms with E-state index in [9.17, 15) is 0 Å². The number of ether oxygens (including phenoxy) is 1. The Labute approximate surface area is 140 Å². The van der Waals surface area contributed by atoms with Gasteiger partial charge in [0.15, 0.2) is 0 Å². The maximum absolute atomic E-state index is 5.30. The normalized spacial score (nSPS) is 13.0. The lowest BCUT2D eigenvalue weighted by molar-refractivity contribution is 0.416. The second kappa shape index (κ2) is 6.97. The van der Waals surface area contributed by atoms with Crippen LogP contribution in [0.25, 0.3) is 0 Å². The van der Waals surface area contributed by atoms with Gasteiger partial charge in [-0.15, -0.1) is 11.3 Å². The smallest absolute Gasteiger partial charge is 0.129 e. The van der Waals surface area contributed by atoms with Crippen LogP contribution in [0, 0.1) is 0 Å². The molecule has 2 rings (SSSR count). The van der Waals surface area contributed by atoms with E-state index < -0.39 is 0 Å². The molecule has 114 valence electrons. The second-order valence-corrected chi connectivity index (χ2v) is 7.81. The molecule has 0 fully saturated rings. The molecular weight excluding hydrogens is 344 g/mol. The molecule has 3 heteroatoms. The number of hydrogen-bond acceptors (Lipinski definition) is 2. The van der Waals surface area contributed by atoms with Crippen LogP contribution in [0.3, 0.4) is 0 Å². The number of alkyl halides is 1. The number of thiophene rings is 1. The molecule has 1 aromatic heterocycles. The molecule has 0 saturated heterocycles. The van der Waals surface area contributed by atoms with Crippen molar-refractivity contribution in [3.63, 3.8) is 0 Å². The summed E-state index contributed by atoms with van der Waals surface area (Å²) in [6.45, 7) is 9.01. The number of halogens is 1. The van der Waals surface area contributed by atoms with E-state index in [1.807, 2.05) is 0 Å². The molecular formula is C18H23BrOS. The van der Waals surface area contributed by atoms with Gasteiger partial charge in [0.1, 0.15) is 5.75 Å². The van der Waals surface area contributed by atoms with Crippen LogP contribution in [0.15, 0.2) is 29.6 Å². The summed E-state index contributed by atoms with van der Waals surface area (Å²) in [6.07, 6.45) is 0. The van der Waals surface area contributed by atoms with E-state index in [0.717, 1.165) is 5.75 Å². The summed E-state index contributed by atoms with van der Waals surface area (Å²) in [6, 6.07) is 9.01. The van der Waals surface area contributed by atoms with Gasteiger partial charge < -0.3 is 4.74 Å². The average Bonchev–Trinajstić information content (AvgIpc) is 2.94. The van der Waals surface area contributed by atoms with Gasteiger partial charge in [-0.3, -0.25) is 0 Å². The Morgan fingerprint density at radius 3 is 2.24 bits per heavy atom. The monoisotopic (exact) mass is 366 g/mol. The van der Waals surface area contributed by atoms with Gasteiger partial charge in [0.05, 0.1) is 11.9 Å². The first kappa shape index (κ1) is 16.6. The molecule has 1 heterocycles. The fourth-order valence-corrected chi connectivity index (χ4v) is 4.13. The first-order valence-electron chi connectivity index (χ1n) is 7.34. The summed E-state index contributed by atoms with van der Waals surface area (Å²) >= 11 is 5.61. The highest BCUT2D eigenvalue weighted by atomic mass is 79.9. The Kier molecular flexibility index (Phi) is 5.50. The van der Waals surface area contributed by atoms with E-state index in [1.54, 1.807) is 18.4 Å². The Hall–Kier alpha value is -0.800. The summed E-state index contributed by atoms with van der Waals surface area (Å²) in [5.41, 5.74) is 4.19. The molecule has 1 aromatic carbocycles. The van der Waals surface area contributed by atoms with Gasteiger partial charge in [0.25, 0.3) is 0 Å². The van der Waals surface area contributed by atoms with Gasteiger partial charge in [-0.25, -0.2) is 0 Å². The minimum Gasteiger partial charge on any atom is -0.496 e. The molecule has 1 atom stereocenters. The van der Waals surface area contributed by atoms with Crippen molar-refractivity contribution >= 4 is 27.3 Å². The first-order chi connectivity index (χ1) is 9.93. The van der Waals surface area contributed by atoms with Gasteiger partial charge in [0, 0.05) is 10.3 Å². The van der Waals surface area contributed by atoms with Crippen LogP contribution in [0.4, 0.5) is 0 Å². The SMILES string of the molecule is COc1csc(C(Br)c2ccc(C(C)C)cc2C(C)C)c1. The molecule has 21 heavy (non-hydrogen) atoms. The third-order valence-electron chi connectivity index (χ3n) is 3.75. The second-order valence-electron chi connectivity index (χ2n) is 5.95. The van der Waals surface area contributed by atoms with Gasteiger partial charge in [-0.1, -0.05) is 61.8 Å². The predicted octanol–water partition coefficient (Wildman–Crippen LogP) is 6.49. The van der Waals surface area contributed by atoms with E-state index in [0.29, 0.717) is 11.8 Å². The molecule has 0 aliphatic heterocycles. The molecule has 0 spiro atoms. The highest BCUT2D eigenvalue weighted by Gasteiger charge is 2.19. The summed E-state index contributed by atoms with van der Waals surface area (Å²) < 4.78 is 5.30.